The summed E-state index contributed by atoms with van der Waals surface area (Å²) in [5, 5.41) is 1.46. The summed E-state index contributed by atoms with van der Waals surface area (Å²) in [6.45, 7) is 4.14. The number of methoxy groups -OCH3 is 1. The maximum absolute atomic E-state index is 13.7. The normalized spacial score (nSPS) is 15.3. The minimum Gasteiger partial charge on any atom is -0.496 e. The van der Waals surface area contributed by atoms with E-state index in [2.05, 4.69) is 19.8 Å². The number of hydrogen-bond acceptors (Lipinski definition) is 5. The Labute approximate surface area is 162 Å². The van der Waals surface area contributed by atoms with Crippen LogP contribution in [-0.2, 0) is 6.54 Å². The third kappa shape index (κ3) is 3.82. The van der Waals surface area contributed by atoms with Crippen molar-refractivity contribution >= 4 is 28.3 Å². The zero-order valence-electron chi connectivity index (χ0n) is 15.0. The summed E-state index contributed by atoms with van der Waals surface area (Å²) < 4.78 is 19.1. The molecule has 2 aromatic carbocycles. The summed E-state index contributed by atoms with van der Waals surface area (Å²) in [5.41, 5.74) is 1.83. The number of hydrogen-bond donors (Lipinski definition) is 0. The van der Waals surface area contributed by atoms with Gasteiger partial charge >= 0.3 is 0 Å². The molecule has 1 aliphatic rings. The molecular formula is C20H20ClFN4O. The summed E-state index contributed by atoms with van der Waals surface area (Å²) in [5.74, 6) is 1.36. The topological polar surface area (TPSA) is 41.5 Å². The molecule has 1 fully saturated rings. The Morgan fingerprint density at radius 2 is 1.89 bits per heavy atom. The Bertz CT molecular complexity index is 960. The van der Waals surface area contributed by atoms with Gasteiger partial charge in [0, 0.05) is 48.7 Å². The molecule has 1 aliphatic heterocycles. The van der Waals surface area contributed by atoms with E-state index in [1.54, 1.807) is 19.5 Å². The van der Waals surface area contributed by atoms with Crippen LogP contribution < -0.4 is 9.64 Å². The molecule has 0 radical (unpaired) electrons. The molecule has 0 aliphatic carbocycles. The maximum Gasteiger partial charge on any atom is 0.140 e. The molecule has 4 rings (SSSR count). The zero-order valence-corrected chi connectivity index (χ0v) is 15.8. The van der Waals surface area contributed by atoms with E-state index in [4.69, 9.17) is 16.3 Å². The molecule has 2 heterocycles. The molecule has 0 atom stereocenters. The second-order valence-corrected chi connectivity index (χ2v) is 7.01. The molecule has 7 heteroatoms. The van der Waals surface area contributed by atoms with Crippen molar-refractivity contribution in [3.05, 3.63) is 59.1 Å². The van der Waals surface area contributed by atoms with Gasteiger partial charge in [0.1, 0.15) is 23.7 Å². The quantitative estimate of drug-likeness (QED) is 0.683. The van der Waals surface area contributed by atoms with Crippen LogP contribution in [0.3, 0.4) is 0 Å². The Kier molecular flexibility index (Phi) is 5.09. The lowest BCUT2D eigenvalue weighted by atomic mass is 10.1. The van der Waals surface area contributed by atoms with Crippen molar-refractivity contribution in [1.29, 1.82) is 0 Å². The first-order valence-electron chi connectivity index (χ1n) is 8.84. The molecule has 0 spiro atoms. The van der Waals surface area contributed by atoms with E-state index < -0.39 is 0 Å². The number of piperazine rings is 1. The Balaban J connectivity index is 1.48. The Morgan fingerprint density at radius 3 is 2.67 bits per heavy atom. The van der Waals surface area contributed by atoms with Gasteiger partial charge in [0.15, 0.2) is 0 Å². The van der Waals surface area contributed by atoms with Gasteiger partial charge in [-0.25, -0.2) is 14.4 Å². The fraction of sp³-hybridized carbons (Fsp3) is 0.300. The van der Waals surface area contributed by atoms with Crippen molar-refractivity contribution in [1.82, 2.24) is 14.9 Å². The van der Waals surface area contributed by atoms with E-state index in [-0.39, 0.29) is 5.82 Å². The monoisotopic (exact) mass is 386 g/mol. The van der Waals surface area contributed by atoms with Gasteiger partial charge < -0.3 is 9.64 Å². The first kappa shape index (κ1) is 17.9. The van der Waals surface area contributed by atoms with Crippen LogP contribution in [0.15, 0.2) is 42.7 Å². The first-order chi connectivity index (χ1) is 13.1. The van der Waals surface area contributed by atoms with Crippen LogP contribution in [0.5, 0.6) is 5.75 Å². The fourth-order valence-electron chi connectivity index (χ4n) is 3.50. The fourth-order valence-corrected chi connectivity index (χ4v) is 3.69. The van der Waals surface area contributed by atoms with E-state index in [0.717, 1.165) is 60.8 Å². The predicted molar refractivity (Wildman–Crippen MR) is 105 cm³/mol. The van der Waals surface area contributed by atoms with Gasteiger partial charge in [0.2, 0.25) is 0 Å². The summed E-state index contributed by atoms with van der Waals surface area (Å²) in [6.07, 6.45) is 1.54. The second-order valence-electron chi connectivity index (χ2n) is 6.58. The number of anilines is 1. The lowest BCUT2D eigenvalue weighted by molar-refractivity contribution is 0.246. The zero-order chi connectivity index (χ0) is 18.8. The van der Waals surface area contributed by atoms with Gasteiger partial charge in [0.25, 0.3) is 0 Å². The number of ether oxygens (including phenoxy) is 1. The standard InChI is InChI=1S/C20H20ClFN4O/c1-27-19-5-2-15(21)10-14(19)12-25-6-8-26(9-7-25)20-17-11-16(22)3-4-18(17)23-13-24-20/h2-5,10-11,13H,6-9,12H2,1H3. The highest BCUT2D eigenvalue weighted by Gasteiger charge is 2.21. The van der Waals surface area contributed by atoms with Crippen LogP contribution in [0.1, 0.15) is 5.56 Å². The lowest BCUT2D eigenvalue weighted by Gasteiger charge is -2.36. The maximum atomic E-state index is 13.7. The highest BCUT2D eigenvalue weighted by molar-refractivity contribution is 6.30. The van der Waals surface area contributed by atoms with E-state index in [0.29, 0.717) is 5.02 Å². The molecule has 3 aromatic rings. The first-order valence-corrected chi connectivity index (χ1v) is 9.22. The van der Waals surface area contributed by atoms with Crippen molar-refractivity contribution < 1.29 is 9.13 Å². The largest absolute Gasteiger partial charge is 0.496 e. The molecule has 0 amide bonds. The Morgan fingerprint density at radius 1 is 1.07 bits per heavy atom. The van der Waals surface area contributed by atoms with Crippen LogP contribution >= 0.6 is 11.6 Å². The molecule has 0 unspecified atom stereocenters. The molecule has 27 heavy (non-hydrogen) atoms. The molecular weight excluding hydrogens is 367 g/mol. The highest BCUT2D eigenvalue weighted by atomic mass is 35.5. The van der Waals surface area contributed by atoms with Crippen LogP contribution in [0.4, 0.5) is 10.2 Å². The van der Waals surface area contributed by atoms with E-state index >= 15 is 0 Å². The van der Waals surface area contributed by atoms with Crippen LogP contribution in [-0.4, -0.2) is 48.2 Å². The number of halogens is 2. The highest BCUT2D eigenvalue weighted by Crippen LogP contribution is 2.27. The van der Waals surface area contributed by atoms with Crippen LogP contribution in [0, 0.1) is 5.82 Å². The SMILES string of the molecule is COc1ccc(Cl)cc1CN1CCN(c2ncnc3ccc(F)cc23)CC1. The van der Waals surface area contributed by atoms with Crippen molar-refractivity contribution in [2.75, 3.05) is 38.2 Å². The second kappa shape index (κ2) is 7.66. The van der Waals surface area contributed by atoms with Gasteiger partial charge in [0.05, 0.1) is 12.6 Å². The number of aromatic nitrogens is 2. The summed E-state index contributed by atoms with van der Waals surface area (Å²) in [7, 11) is 1.67. The summed E-state index contributed by atoms with van der Waals surface area (Å²) in [6, 6.07) is 10.3. The minimum absolute atomic E-state index is 0.273. The van der Waals surface area contributed by atoms with Crippen molar-refractivity contribution in [2.24, 2.45) is 0 Å². The van der Waals surface area contributed by atoms with Gasteiger partial charge in [-0.05, 0) is 36.4 Å². The van der Waals surface area contributed by atoms with E-state index in [1.807, 2.05) is 18.2 Å². The van der Waals surface area contributed by atoms with Gasteiger partial charge in [-0.15, -0.1) is 0 Å². The number of nitrogens with zero attached hydrogens (tertiary/aromatic N) is 4. The van der Waals surface area contributed by atoms with Crippen LogP contribution in [0.25, 0.3) is 10.9 Å². The third-order valence-corrected chi connectivity index (χ3v) is 5.12. The minimum atomic E-state index is -0.273. The molecule has 1 aromatic heterocycles. The smallest absolute Gasteiger partial charge is 0.140 e. The third-order valence-electron chi connectivity index (χ3n) is 4.88. The van der Waals surface area contributed by atoms with Gasteiger partial charge in [-0.1, -0.05) is 11.6 Å². The van der Waals surface area contributed by atoms with Crippen LogP contribution in [0.2, 0.25) is 5.02 Å². The number of benzene rings is 2. The van der Waals surface area contributed by atoms with E-state index in [9.17, 15) is 4.39 Å². The lowest BCUT2D eigenvalue weighted by Crippen LogP contribution is -2.46. The molecule has 140 valence electrons. The molecule has 5 nitrogen and oxygen atoms in total. The summed E-state index contributed by atoms with van der Waals surface area (Å²) in [4.78, 5) is 13.2. The number of fused-ring (bicyclic) bond motifs is 1. The predicted octanol–water partition coefficient (Wildman–Crippen LogP) is 3.75. The molecule has 1 saturated heterocycles. The molecule has 0 saturated carbocycles. The number of rotatable bonds is 4. The van der Waals surface area contributed by atoms with E-state index in [1.165, 1.54) is 12.1 Å². The van der Waals surface area contributed by atoms with Crippen molar-refractivity contribution in [3.8, 4) is 5.75 Å². The summed E-state index contributed by atoms with van der Waals surface area (Å²) >= 11 is 6.14. The average molecular weight is 387 g/mol. The van der Waals surface area contributed by atoms with Crippen molar-refractivity contribution in [3.63, 3.8) is 0 Å². The Hall–Kier alpha value is -2.44. The molecule has 0 bridgehead atoms. The van der Waals surface area contributed by atoms with Gasteiger partial charge in [-0.2, -0.15) is 0 Å². The molecule has 0 N–H and O–H groups in total. The van der Waals surface area contributed by atoms with Gasteiger partial charge in [-0.3, -0.25) is 4.90 Å². The van der Waals surface area contributed by atoms with Crippen molar-refractivity contribution in [2.45, 2.75) is 6.54 Å². The average Bonchev–Trinajstić information content (AvgIpc) is 2.68.